The van der Waals surface area contributed by atoms with Crippen molar-refractivity contribution in [3.05, 3.63) is 0 Å². The number of amides is 1. The molecule has 0 aromatic carbocycles. The smallest absolute Gasteiger partial charge is 0.391 e. The Kier molecular flexibility index (Phi) is 38.8. The van der Waals surface area contributed by atoms with Gasteiger partial charge in [-0.2, -0.15) is 0 Å². The summed E-state index contributed by atoms with van der Waals surface area (Å²) in [7, 11) is -4.31. The molecule has 0 aliphatic carbocycles. The van der Waals surface area contributed by atoms with Crippen LogP contribution in [-0.4, -0.2) is 47.8 Å². The number of aliphatic hydroxyl groups is 1. The standard InChI is InChI=1S/C42H87N2O6P/c1-3-5-7-9-11-13-15-17-18-19-20-21-22-24-26-28-30-32-34-36-42(46)44-40(39-50-51(47,48)49-38-37-43)41(45)35-33-31-29-27-25-23-16-14-12-10-8-6-4-2/h40-41,45H,3-39,43H2,1-2H3,(H,44,46)(H,47,48)/t40-,41+/m0/s1. The highest BCUT2D eigenvalue weighted by atomic mass is 31.2. The van der Waals surface area contributed by atoms with E-state index in [4.69, 9.17) is 14.8 Å². The Morgan fingerprint density at radius 1 is 0.569 bits per heavy atom. The number of hydrogen-bond acceptors (Lipinski definition) is 6. The molecule has 0 rings (SSSR count). The van der Waals surface area contributed by atoms with Crippen LogP contribution in [0.1, 0.15) is 232 Å². The molecule has 0 radical (unpaired) electrons. The van der Waals surface area contributed by atoms with E-state index in [-0.39, 0.29) is 25.7 Å². The third-order valence-corrected chi connectivity index (χ3v) is 11.2. The quantitative estimate of drug-likeness (QED) is 0.0361. The second-order valence-electron chi connectivity index (χ2n) is 15.3. The largest absolute Gasteiger partial charge is 0.472 e. The Morgan fingerprint density at radius 2 is 0.902 bits per heavy atom. The highest BCUT2D eigenvalue weighted by Gasteiger charge is 2.27. The highest BCUT2D eigenvalue weighted by molar-refractivity contribution is 7.47. The number of nitrogens with two attached hydrogens (primary N) is 1. The molecule has 1 amide bonds. The monoisotopic (exact) mass is 747 g/mol. The van der Waals surface area contributed by atoms with E-state index in [0.29, 0.717) is 12.8 Å². The molecule has 0 spiro atoms. The minimum atomic E-state index is -4.31. The molecule has 5 N–H and O–H groups in total. The number of nitrogens with one attached hydrogen (secondary N) is 1. The summed E-state index contributed by atoms with van der Waals surface area (Å²) in [4.78, 5) is 22.7. The fourth-order valence-corrected chi connectivity index (χ4v) is 7.60. The Labute approximate surface area is 316 Å². The summed E-state index contributed by atoms with van der Waals surface area (Å²) in [6, 6.07) is -0.767. The van der Waals surface area contributed by atoms with Gasteiger partial charge in [-0.3, -0.25) is 13.8 Å². The Bertz CT molecular complexity index is 774. The number of unbranched alkanes of at least 4 members (excludes halogenated alkanes) is 30. The minimum absolute atomic E-state index is 0.0924. The van der Waals surface area contributed by atoms with Crippen molar-refractivity contribution in [1.82, 2.24) is 5.32 Å². The van der Waals surface area contributed by atoms with Crippen LogP contribution in [0.25, 0.3) is 0 Å². The van der Waals surface area contributed by atoms with E-state index in [0.717, 1.165) is 38.5 Å². The zero-order chi connectivity index (χ0) is 37.5. The molecule has 0 aliphatic heterocycles. The molecule has 0 aromatic rings. The van der Waals surface area contributed by atoms with E-state index >= 15 is 0 Å². The van der Waals surface area contributed by atoms with Crippen LogP contribution in [0.4, 0.5) is 0 Å². The molecule has 0 aromatic heterocycles. The topological polar surface area (TPSA) is 131 Å². The molecule has 0 fully saturated rings. The second kappa shape index (κ2) is 39.2. The fraction of sp³-hybridized carbons (Fsp3) is 0.976. The van der Waals surface area contributed by atoms with Crippen LogP contribution in [0.15, 0.2) is 0 Å². The number of phosphoric acid groups is 1. The van der Waals surface area contributed by atoms with Crippen LogP contribution in [0.5, 0.6) is 0 Å². The minimum Gasteiger partial charge on any atom is -0.391 e. The van der Waals surface area contributed by atoms with Gasteiger partial charge in [0.1, 0.15) is 0 Å². The van der Waals surface area contributed by atoms with Crippen molar-refractivity contribution in [1.29, 1.82) is 0 Å². The van der Waals surface area contributed by atoms with Crippen molar-refractivity contribution >= 4 is 13.7 Å². The van der Waals surface area contributed by atoms with Crippen LogP contribution in [0.3, 0.4) is 0 Å². The lowest BCUT2D eigenvalue weighted by Crippen LogP contribution is -2.46. The summed E-state index contributed by atoms with van der Waals surface area (Å²) in [5.74, 6) is -0.157. The lowest BCUT2D eigenvalue weighted by molar-refractivity contribution is -0.123. The molecular weight excluding hydrogens is 659 g/mol. The molecule has 0 heterocycles. The second-order valence-corrected chi connectivity index (χ2v) is 16.7. The van der Waals surface area contributed by atoms with Crippen molar-refractivity contribution in [3.8, 4) is 0 Å². The molecule has 51 heavy (non-hydrogen) atoms. The van der Waals surface area contributed by atoms with Crippen LogP contribution in [-0.2, 0) is 18.4 Å². The van der Waals surface area contributed by atoms with Gasteiger partial charge >= 0.3 is 7.82 Å². The molecule has 0 aliphatic rings. The van der Waals surface area contributed by atoms with Crippen molar-refractivity contribution in [2.24, 2.45) is 5.73 Å². The molecule has 0 saturated heterocycles. The SMILES string of the molecule is CCCCCCCCCCCCCCCCCCCCCC(=O)N[C@@H](COP(=O)(O)OCCN)[C@H](O)CCCCCCCCCCCCCCC. The van der Waals surface area contributed by atoms with E-state index in [1.807, 2.05) is 0 Å². The van der Waals surface area contributed by atoms with Crippen molar-refractivity contribution in [2.45, 2.75) is 244 Å². The first-order valence-electron chi connectivity index (χ1n) is 22.2. The lowest BCUT2D eigenvalue weighted by Gasteiger charge is -2.25. The first-order chi connectivity index (χ1) is 24.9. The molecule has 8 nitrogen and oxygen atoms in total. The van der Waals surface area contributed by atoms with Crippen LogP contribution in [0, 0.1) is 0 Å². The molecule has 9 heteroatoms. The molecule has 3 atom stereocenters. The number of carbonyl (C=O) groups excluding carboxylic acids is 1. The Morgan fingerprint density at radius 3 is 1.25 bits per heavy atom. The van der Waals surface area contributed by atoms with E-state index in [9.17, 15) is 19.4 Å². The highest BCUT2D eigenvalue weighted by Crippen LogP contribution is 2.43. The molecule has 0 bridgehead atoms. The van der Waals surface area contributed by atoms with Gasteiger partial charge in [-0.1, -0.05) is 213 Å². The summed E-state index contributed by atoms with van der Waals surface area (Å²) in [5.41, 5.74) is 5.38. The summed E-state index contributed by atoms with van der Waals surface area (Å²) < 4.78 is 22.2. The molecular formula is C42H87N2O6P. The van der Waals surface area contributed by atoms with Gasteiger partial charge in [0.15, 0.2) is 0 Å². The number of carbonyl (C=O) groups is 1. The molecule has 306 valence electrons. The van der Waals surface area contributed by atoms with Gasteiger partial charge in [0.05, 0.1) is 25.4 Å². The first-order valence-corrected chi connectivity index (χ1v) is 23.6. The van der Waals surface area contributed by atoms with Gasteiger partial charge in [0.25, 0.3) is 0 Å². The zero-order valence-electron chi connectivity index (χ0n) is 33.9. The van der Waals surface area contributed by atoms with E-state index in [1.165, 1.54) is 167 Å². The summed E-state index contributed by atoms with van der Waals surface area (Å²) >= 11 is 0. The summed E-state index contributed by atoms with van der Waals surface area (Å²) in [6.07, 6.45) is 41.1. The van der Waals surface area contributed by atoms with Gasteiger partial charge in [0, 0.05) is 13.0 Å². The number of aliphatic hydroxyl groups excluding tert-OH is 1. The average Bonchev–Trinajstić information content (AvgIpc) is 3.12. The number of rotatable bonds is 42. The van der Waals surface area contributed by atoms with E-state index in [1.54, 1.807) is 0 Å². The number of phosphoric ester groups is 1. The maximum Gasteiger partial charge on any atom is 0.472 e. The predicted octanol–water partition coefficient (Wildman–Crippen LogP) is 12.2. The van der Waals surface area contributed by atoms with Crippen molar-refractivity contribution < 1.29 is 28.4 Å². The third kappa shape index (κ3) is 37.6. The van der Waals surface area contributed by atoms with Gasteiger partial charge in [-0.15, -0.1) is 0 Å². The fourth-order valence-electron chi connectivity index (χ4n) is 6.84. The van der Waals surface area contributed by atoms with Gasteiger partial charge < -0.3 is 21.1 Å². The molecule has 0 saturated carbocycles. The Hall–Kier alpha value is -0.500. The maximum atomic E-state index is 12.8. The van der Waals surface area contributed by atoms with E-state index in [2.05, 4.69) is 19.2 Å². The maximum absolute atomic E-state index is 12.8. The lowest BCUT2D eigenvalue weighted by atomic mass is 10.0. The van der Waals surface area contributed by atoms with Crippen LogP contribution >= 0.6 is 7.82 Å². The van der Waals surface area contributed by atoms with Crippen molar-refractivity contribution in [2.75, 3.05) is 19.8 Å². The van der Waals surface area contributed by atoms with Crippen LogP contribution < -0.4 is 11.1 Å². The predicted molar refractivity (Wildman–Crippen MR) is 217 cm³/mol. The summed E-state index contributed by atoms with van der Waals surface area (Å²) in [6.45, 7) is 4.23. The molecule has 1 unspecified atom stereocenters. The van der Waals surface area contributed by atoms with Crippen LogP contribution in [0.2, 0.25) is 0 Å². The van der Waals surface area contributed by atoms with Gasteiger partial charge in [0.2, 0.25) is 5.91 Å². The van der Waals surface area contributed by atoms with Gasteiger partial charge in [-0.05, 0) is 12.8 Å². The first kappa shape index (κ1) is 50.5. The van der Waals surface area contributed by atoms with Gasteiger partial charge in [-0.25, -0.2) is 4.57 Å². The third-order valence-electron chi connectivity index (χ3n) is 10.2. The Balaban J connectivity index is 4.07. The number of hydrogen-bond donors (Lipinski definition) is 4. The van der Waals surface area contributed by atoms with Crippen molar-refractivity contribution in [3.63, 3.8) is 0 Å². The summed E-state index contributed by atoms with van der Waals surface area (Å²) in [5, 5.41) is 13.8. The normalized spacial score (nSPS) is 14.1. The average molecular weight is 747 g/mol. The zero-order valence-corrected chi connectivity index (χ0v) is 34.8. The van der Waals surface area contributed by atoms with E-state index < -0.39 is 20.0 Å².